The fraction of sp³-hybridized carbons (Fsp3) is 0.353. The normalized spacial score (nSPS) is 16.0. The van der Waals surface area contributed by atoms with Crippen LogP contribution in [0.1, 0.15) is 29.5 Å². The van der Waals surface area contributed by atoms with E-state index >= 15 is 0 Å². The number of amides is 1. The molecule has 2 rings (SSSR count). The fourth-order valence-electron chi connectivity index (χ4n) is 2.57. The molecular weight excluding hydrogens is 384 g/mol. The van der Waals surface area contributed by atoms with Gasteiger partial charge in [-0.25, -0.2) is 0 Å². The largest absolute Gasteiger partial charge is 0.550 e. The summed E-state index contributed by atoms with van der Waals surface area (Å²) >= 11 is 6.29. The van der Waals surface area contributed by atoms with Crippen LogP contribution in [0, 0.1) is 13.8 Å². The third-order valence-corrected chi connectivity index (χ3v) is 5.00. The number of ether oxygens (including phenoxy) is 1. The standard InChI is InChI=1S/C17H17F2NO4S2/c1-9-6-11(7-10(2)14(9)24-16(18)19)8-12-15(23)20(17(25)26-12)5-3-4-13(21)22/h6-8,16H,3-5H2,1-2H3,(H,21,22)/p-1/b12-8-. The zero-order chi connectivity index (χ0) is 19.4. The van der Waals surface area contributed by atoms with Gasteiger partial charge in [0, 0.05) is 12.5 Å². The average molecular weight is 400 g/mol. The summed E-state index contributed by atoms with van der Waals surface area (Å²) in [5.74, 6) is -1.36. The monoisotopic (exact) mass is 400 g/mol. The van der Waals surface area contributed by atoms with Gasteiger partial charge in [-0.3, -0.25) is 9.69 Å². The first kappa shape index (κ1) is 20.3. The quantitative estimate of drug-likeness (QED) is 0.518. The molecule has 1 fully saturated rings. The zero-order valence-corrected chi connectivity index (χ0v) is 15.7. The van der Waals surface area contributed by atoms with Crippen LogP contribution in [0.2, 0.25) is 0 Å². The molecule has 0 radical (unpaired) electrons. The van der Waals surface area contributed by atoms with Crippen molar-refractivity contribution in [1.29, 1.82) is 0 Å². The van der Waals surface area contributed by atoms with Crippen LogP contribution in [0.5, 0.6) is 5.75 Å². The van der Waals surface area contributed by atoms with Crippen molar-refractivity contribution in [3.8, 4) is 5.75 Å². The number of hydrogen-bond donors (Lipinski definition) is 0. The Morgan fingerprint density at radius 1 is 1.38 bits per heavy atom. The Kier molecular flexibility index (Phi) is 6.71. The first-order valence-corrected chi connectivity index (χ1v) is 8.92. The number of alkyl halides is 2. The highest BCUT2D eigenvalue weighted by Crippen LogP contribution is 2.34. The molecule has 1 aromatic rings. The summed E-state index contributed by atoms with van der Waals surface area (Å²) in [5, 5.41) is 10.5. The highest BCUT2D eigenvalue weighted by atomic mass is 32.2. The van der Waals surface area contributed by atoms with E-state index in [-0.39, 0.29) is 31.0 Å². The Bertz CT molecular complexity index is 757. The highest BCUT2D eigenvalue weighted by molar-refractivity contribution is 8.26. The minimum absolute atomic E-state index is 0.118. The Labute approximate surface area is 159 Å². The van der Waals surface area contributed by atoms with Gasteiger partial charge in [-0.05, 0) is 61.6 Å². The number of carboxylic acids is 1. The first-order valence-electron chi connectivity index (χ1n) is 7.70. The van der Waals surface area contributed by atoms with Crippen LogP contribution < -0.4 is 9.84 Å². The Morgan fingerprint density at radius 2 is 2.00 bits per heavy atom. The lowest BCUT2D eigenvalue weighted by Gasteiger charge is -2.14. The number of nitrogens with zero attached hydrogens (tertiary/aromatic N) is 1. The molecule has 1 aromatic carbocycles. The number of carbonyl (C=O) groups excluding carboxylic acids is 2. The van der Waals surface area contributed by atoms with Gasteiger partial charge in [0.15, 0.2) is 0 Å². The van der Waals surface area contributed by atoms with Gasteiger partial charge in [-0.15, -0.1) is 0 Å². The molecule has 1 heterocycles. The summed E-state index contributed by atoms with van der Waals surface area (Å²) in [6, 6.07) is 3.29. The minimum Gasteiger partial charge on any atom is -0.550 e. The van der Waals surface area contributed by atoms with Crippen molar-refractivity contribution >= 4 is 46.3 Å². The SMILES string of the molecule is Cc1cc(/C=C2\SC(=S)N(CCCC(=O)[O-])C2=O)cc(C)c1OC(F)F. The van der Waals surface area contributed by atoms with E-state index in [2.05, 4.69) is 4.74 Å². The Balaban J connectivity index is 2.18. The van der Waals surface area contributed by atoms with Gasteiger partial charge in [0.05, 0.1) is 4.91 Å². The molecule has 0 saturated carbocycles. The van der Waals surface area contributed by atoms with Crippen LogP contribution in [0.4, 0.5) is 8.78 Å². The van der Waals surface area contributed by atoms with E-state index < -0.39 is 12.6 Å². The van der Waals surface area contributed by atoms with Crippen molar-refractivity contribution in [2.24, 2.45) is 0 Å². The van der Waals surface area contributed by atoms with Gasteiger partial charge in [0.25, 0.3) is 5.91 Å². The molecule has 0 aliphatic carbocycles. The molecule has 1 amide bonds. The van der Waals surface area contributed by atoms with E-state index in [4.69, 9.17) is 12.2 Å². The second kappa shape index (κ2) is 8.59. The predicted octanol–water partition coefficient (Wildman–Crippen LogP) is 2.64. The van der Waals surface area contributed by atoms with Crippen LogP contribution in [-0.2, 0) is 9.59 Å². The number of carbonyl (C=O) groups is 2. The molecular formula is C17H16F2NO4S2-. The molecule has 0 spiro atoms. The van der Waals surface area contributed by atoms with E-state index in [1.54, 1.807) is 32.1 Å². The molecule has 0 N–H and O–H groups in total. The van der Waals surface area contributed by atoms with E-state index in [0.29, 0.717) is 25.9 Å². The van der Waals surface area contributed by atoms with Crippen LogP contribution in [0.3, 0.4) is 0 Å². The summed E-state index contributed by atoms with van der Waals surface area (Å²) in [4.78, 5) is 24.7. The number of carboxylic acid groups (broad SMARTS) is 1. The summed E-state index contributed by atoms with van der Waals surface area (Å²) in [6.07, 6.45) is 1.73. The summed E-state index contributed by atoms with van der Waals surface area (Å²) in [7, 11) is 0. The first-order chi connectivity index (χ1) is 12.2. The fourth-order valence-corrected chi connectivity index (χ4v) is 3.88. The average Bonchev–Trinajstić information content (AvgIpc) is 2.78. The van der Waals surface area contributed by atoms with Crippen LogP contribution in [0.25, 0.3) is 6.08 Å². The molecule has 1 aliphatic heterocycles. The molecule has 5 nitrogen and oxygen atoms in total. The van der Waals surface area contributed by atoms with Gasteiger partial charge in [0.2, 0.25) is 0 Å². The summed E-state index contributed by atoms with van der Waals surface area (Å²) in [6.45, 7) is 0.589. The van der Waals surface area contributed by atoms with Crippen molar-refractivity contribution in [3.63, 3.8) is 0 Å². The Morgan fingerprint density at radius 3 is 2.54 bits per heavy atom. The predicted molar refractivity (Wildman–Crippen MR) is 96.7 cm³/mol. The van der Waals surface area contributed by atoms with Crippen LogP contribution in [0.15, 0.2) is 17.0 Å². The summed E-state index contributed by atoms with van der Waals surface area (Å²) < 4.78 is 29.8. The van der Waals surface area contributed by atoms with Crippen molar-refractivity contribution in [2.45, 2.75) is 33.3 Å². The molecule has 1 aliphatic rings. The number of thiocarbonyl (C=S) groups is 1. The Hall–Kier alpha value is -2.00. The van der Waals surface area contributed by atoms with Gasteiger partial charge < -0.3 is 14.6 Å². The molecule has 0 aromatic heterocycles. The van der Waals surface area contributed by atoms with Crippen molar-refractivity contribution in [1.82, 2.24) is 4.90 Å². The third kappa shape index (κ3) is 5.01. The number of rotatable bonds is 7. The lowest BCUT2D eigenvalue weighted by molar-refractivity contribution is -0.305. The van der Waals surface area contributed by atoms with Crippen molar-refractivity contribution in [2.75, 3.05) is 6.54 Å². The third-order valence-electron chi connectivity index (χ3n) is 3.62. The summed E-state index contributed by atoms with van der Waals surface area (Å²) in [5.41, 5.74) is 1.72. The van der Waals surface area contributed by atoms with Gasteiger partial charge in [0.1, 0.15) is 10.1 Å². The van der Waals surface area contributed by atoms with E-state index in [0.717, 1.165) is 11.8 Å². The molecule has 0 unspecified atom stereocenters. The number of benzene rings is 1. The smallest absolute Gasteiger partial charge is 0.387 e. The number of thioether (sulfide) groups is 1. The van der Waals surface area contributed by atoms with Crippen LogP contribution >= 0.6 is 24.0 Å². The topological polar surface area (TPSA) is 69.7 Å². The number of hydrogen-bond acceptors (Lipinski definition) is 6. The lowest BCUT2D eigenvalue weighted by atomic mass is 10.1. The highest BCUT2D eigenvalue weighted by Gasteiger charge is 2.31. The maximum atomic E-state index is 12.5. The molecule has 0 atom stereocenters. The molecule has 9 heteroatoms. The van der Waals surface area contributed by atoms with Gasteiger partial charge in [-0.1, -0.05) is 24.0 Å². The number of aliphatic carboxylic acids is 1. The van der Waals surface area contributed by atoms with E-state index in [9.17, 15) is 23.5 Å². The number of halogens is 2. The second-order valence-electron chi connectivity index (χ2n) is 5.67. The van der Waals surface area contributed by atoms with Gasteiger partial charge >= 0.3 is 6.61 Å². The maximum Gasteiger partial charge on any atom is 0.387 e. The minimum atomic E-state index is -2.91. The van der Waals surface area contributed by atoms with Gasteiger partial charge in [-0.2, -0.15) is 8.78 Å². The van der Waals surface area contributed by atoms with E-state index in [1.165, 1.54) is 4.90 Å². The molecule has 140 valence electrons. The van der Waals surface area contributed by atoms with Crippen molar-refractivity contribution < 1.29 is 28.2 Å². The maximum absolute atomic E-state index is 12.5. The zero-order valence-electron chi connectivity index (χ0n) is 14.1. The second-order valence-corrected chi connectivity index (χ2v) is 7.35. The molecule has 0 bridgehead atoms. The van der Waals surface area contributed by atoms with Crippen LogP contribution in [-0.4, -0.2) is 34.3 Å². The lowest BCUT2D eigenvalue weighted by Crippen LogP contribution is -2.30. The van der Waals surface area contributed by atoms with Crippen molar-refractivity contribution in [3.05, 3.63) is 33.7 Å². The van der Waals surface area contributed by atoms with E-state index in [1.807, 2.05) is 0 Å². The number of aryl methyl sites for hydroxylation is 2. The molecule has 1 saturated heterocycles. The molecule has 26 heavy (non-hydrogen) atoms.